The third-order valence-corrected chi connectivity index (χ3v) is 5.44. The lowest BCUT2D eigenvalue weighted by molar-refractivity contribution is 0.585. The Hall–Kier alpha value is -1.06. The summed E-state index contributed by atoms with van der Waals surface area (Å²) in [6, 6.07) is 6.92. The average molecular weight is 329 g/mol. The highest BCUT2D eigenvalue weighted by Crippen LogP contribution is 2.28. The molecule has 0 saturated heterocycles. The summed E-state index contributed by atoms with van der Waals surface area (Å²) >= 11 is 3.25. The predicted octanol–water partition coefficient (Wildman–Crippen LogP) is 3.01. The molecule has 6 heteroatoms. The number of nitrogens with zero attached hydrogens (tertiary/aromatic N) is 1. The Bertz CT molecular complexity index is 587. The van der Waals surface area contributed by atoms with Gasteiger partial charge in [0.1, 0.15) is 6.07 Å². The first kappa shape index (κ1) is 13.4. The summed E-state index contributed by atoms with van der Waals surface area (Å²) in [6.45, 7) is 0. The third kappa shape index (κ3) is 2.85. The predicted molar refractivity (Wildman–Crippen MR) is 73.7 cm³/mol. The van der Waals surface area contributed by atoms with E-state index < -0.39 is 10.0 Å². The van der Waals surface area contributed by atoms with Crippen LogP contribution < -0.4 is 4.72 Å². The minimum absolute atomic E-state index is 0.325. The molecule has 0 aliphatic heterocycles. The molecule has 0 heterocycles. The Morgan fingerprint density at radius 3 is 2.61 bits per heavy atom. The van der Waals surface area contributed by atoms with Gasteiger partial charge in [0.05, 0.1) is 16.5 Å². The van der Waals surface area contributed by atoms with Crippen LogP contribution in [0.3, 0.4) is 0 Å². The summed E-state index contributed by atoms with van der Waals surface area (Å²) in [4.78, 5) is 0. The Kier molecular flexibility index (Phi) is 3.93. The van der Waals surface area contributed by atoms with Crippen molar-refractivity contribution in [1.29, 1.82) is 5.26 Å². The van der Waals surface area contributed by atoms with E-state index in [1.807, 2.05) is 6.07 Å². The van der Waals surface area contributed by atoms with Crippen LogP contribution in [0.15, 0.2) is 22.7 Å². The van der Waals surface area contributed by atoms with E-state index in [1.165, 1.54) is 0 Å². The summed E-state index contributed by atoms with van der Waals surface area (Å²) in [5.74, 6) is 0. The maximum Gasteiger partial charge on any atom is 0.235 e. The van der Waals surface area contributed by atoms with Crippen molar-refractivity contribution in [2.45, 2.75) is 30.9 Å². The van der Waals surface area contributed by atoms with Gasteiger partial charge in [0.15, 0.2) is 0 Å². The van der Waals surface area contributed by atoms with Gasteiger partial charge in [-0.2, -0.15) is 5.26 Å². The maximum atomic E-state index is 12.1. The van der Waals surface area contributed by atoms with Crippen LogP contribution in [0.1, 0.15) is 31.2 Å². The molecule has 1 fully saturated rings. The molecule has 1 aromatic rings. The van der Waals surface area contributed by atoms with E-state index >= 15 is 0 Å². The van der Waals surface area contributed by atoms with Crippen molar-refractivity contribution >= 4 is 31.6 Å². The van der Waals surface area contributed by atoms with Crippen LogP contribution >= 0.6 is 15.9 Å². The van der Waals surface area contributed by atoms with E-state index in [-0.39, 0.29) is 5.25 Å². The maximum absolute atomic E-state index is 12.1. The molecule has 4 nitrogen and oxygen atoms in total. The largest absolute Gasteiger partial charge is 0.282 e. The number of nitriles is 1. The number of rotatable bonds is 3. The third-order valence-electron chi connectivity index (χ3n) is 3.10. The van der Waals surface area contributed by atoms with Gasteiger partial charge in [0.2, 0.25) is 10.0 Å². The van der Waals surface area contributed by atoms with Gasteiger partial charge >= 0.3 is 0 Å². The fraction of sp³-hybridized carbons (Fsp3) is 0.417. The second-order valence-electron chi connectivity index (χ2n) is 4.36. The number of hydrogen-bond donors (Lipinski definition) is 1. The number of nitrogens with one attached hydrogen (secondary N) is 1. The topological polar surface area (TPSA) is 70.0 Å². The summed E-state index contributed by atoms with van der Waals surface area (Å²) in [5.41, 5.74) is 0.679. The summed E-state index contributed by atoms with van der Waals surface area (Å²) in [7, 11) is -3.37. The Balaban J connectivity index is 2.26. The van der Waals surface area contributed by atoms with Crippen LogP contribution in [-0.2, 0) is 10.0 Å². The fourth-order valence-corrected chi connectivity index (χ4v) is 4.10. The van der Waals surface area contributed by atoms with Crippen molar-refractivity contribution in [2.24, 2.45) is 0 Å². The first-order chi connectivity index (χ1) is 8.53. The molecular weight excluding hydrogens is 316 g/mol. The summed E-state index contributed by atoms with van der Waals surface area (Å²) in [6.07, 6.45) is 3.32. The van der Waals surface area contributed by atoms with Gasteiger partial charge in [-0.1, -0.05) is 28.8 Å². The summed E-state index contributed by atoms with van der Waals surface area (Å²) < 4.78 is 27.5. The molecule has 0 aromatic heterocycles. The van der Waals surface area contributed by atoms with E-state index in [0.717, 1.165) is 17.3 Å². The van der Waals surface area contributed by atoms with Gasteiger partial charge < -0.3 is 0 Å². The fourth-order valence-electron chi connectivity index (χ4n) is 2.13. The highest BCUT2D eigenvalue weighted by atomic mass is 79.9. The first-order valence-corrected chi connectivity index (χ1v) is 8.08. The van der Waals surface area contributed by atoms with Gasteiger partial charge in [0.25, 0.3) is 0 Å². The van der Waals surface area contributed by atoms with Crippen molar-refractivity contribution in [2.75, 3.05) is 4.72 Å². The van der Waals surface area contributed by atoms with Gasteiger partial charge in [-0.15, -0.1) is 0 Å². The molecule has 0 amide bonds. The smallest absolute Gasteiger partial charge is 0.235 e. The molecule has 1 aromatic carbocycles. The highest BCUT2D eigenvalue weighted by Gasteiger charge is 2.29. The molecule has 1 saturated carbocycles. The van der Waals surface area contributed by atoms with Crippen LogP contribution in [0.25, 0.3) is 0 Å². The molecule has 1 N–H and O–H groups in total. The SMILES string of the molecule is N#Cc1cc(Br)ccc1NS(=O)(=O)C1CCCC1. The molecular formula is C12H13BrN2O2S. The van der Waals surface area contributed by atoms with E-state index in [1.54, 1.807) is 18.2 Å². The van der Waals surface area contributed by atoms with Crippen molar-refractivity contribution in [3.8, 4) is 6.07 Å². The Morgan fingerprint density at radius 1 is 1.33 bits per heavy atom. The number of hydrogen-bond acceptors (Lipinski definition) is 3. The molecule has 0 spiro atoms. The van der Waals surface area contributed by atoms with Crippen LogP contribution in [0.5, 0.6) is 0 Å². The second kappa shape index (κ2) is 5.29. The number of benzene rings is 1. The molecule has 0 unspecified atom stereocenters. The monoisotopic (exact) mass is 328 g/mol. The zero-order valence-electron chi connectivity index (χ0n) is 9.69. The van der Waals surface area contributed by atoms with Gasteiger partial charge in [0, 0.05) is 4.47 Å². The zero-order chi connectivity index (χ0) is 13.2. The standard InChI is InChI=1S/C12H13BrN2O2S/c13-10-5-6-12(9(7-10)8-14)15-18(16,17)11-3-1-2-4-11/h5-7,11,15H,1-4H2. The second-order valence-corrected chi connectivity index (χ2v) is 7.23. The Morgan fingerprint density at radius 2 is 2.00 bits per heavy atom. The molecule has 0 bridgehead atoms. The molecule has 1 aliphatic carbocycles. The van der Waals surface area contributed by atoms with E-state index in [2.05, 4.69) is 20.7 Å². The van der Waals surface area contributed by atoms with Crippen LogP contribution in [0.4, 0.5) is 5.69 Å². The molecule has 1 aliphatic rings. The zero-order valence-corrected chi connectivity index (χ0v) is 12.1. The Labute approximate surface area is 115 Å². The lowest BCUT2D eigenvalue weighted by Crippen LogP contribution is -2.25. The molecule has 18 heavy (non-hydrogen) atoms. The lowest BCUT2D eigenvalue weighted by atomic mass is 10.2. The molecule has 96 valence electrons. The molecule has 0 radical (unpaired) electrons. The van der Waals surface area contributed by atoms with Crippen molar-refractivity contribution in [1.82, 2.24) is 0 Å². The van der Waals surface area contributed by atoms with Crippen LogP contribution in [0, 0.1) is 11.3 Å². The normalized spacial score (nSPS) is 16.4. The van der Waals surface area contributed by atoms with Crippen molar-refractivity contribution in [3.05, 3.63) is 28.2 Å². The van der Waals surface area contributed by atoms with Crippen LogP contribution in [0.2, 0.25) is 0 Å². The van der Waals surface area contributed by atoms with Gasteiger partial charge in [-0.3, -0.25) is 4.72 Å². The van der Waals surface area contributed by atoms with Crippen molar-refractivity contribution in [3.63, 3.8) is 0 Å². The number of halogens is 1. The minimum Gasteiger partial charge on any atom is -0.282 e. The number of sulfonamides is 1. The van der Waals surface area contributed by atoms with E-state index in [0.29, 0.717) is 24.1 Å². The van der Waals surface area contributed by atoms with Crippen molar-refractivity contribution < 1.29 is 8.42 Å². The van der Waals surface area contributed by atoms with E-state index in [9.17, 15) is 8.42 Å². The lowest BCUT2D eigenvalue weighted by Gasteiger charge is -2.14. The highest BCUT2D eigenvalue weighted by molar-refractivity contribution is 9.10. The average Bonchev–Trinajstić information content (AvgIpc) is 2.85. The van der Waals surface area contributed by atoms with E-state index in [4.69, 9.17) is 5.26 Å². The van der Waals surface area contributed by atoms with Gasteiger partial charge in [-0.25, -0.2) is 8.42 Å². The number of anilines is 1. The molecule has 2 rings (SSSR count). The first-order valence-electron chi connectivity index (χ1n) is 5.74. The van der Waals surface area contributed by atoms with Crippen LogP contribution in [-0.4, -0.2) is 13.7 Å². The molecule has 0 atom stereocenters. The summed E-state index contributed by atoms with van der Waals surface area (Å²) in [5, 5.41) is 8.67. The van der Waals surface area contributed by atoms with Gasteiger partial charge in [-0.05, 0) is 31.0 Å². The quantitative estimate of drug-likeness (QED) is 0.927. The minimum atomic E-state index is -3.37.